The number of thiophene rings is 1. The van der Waals surface area contributed by atoms with Gasteiger partial charge in [0.25, 0.3) is 5.91 Å². The lowest BCUT2D eigenvalue weighted by atomic mass is 10.3. The van der Waals surface area contributed by atoms with Gasteiger partial charge in [0.15, 0.2) is 0 Å². The van der Waals surface area contributed by atoms with Gasteiger partial charge in [-0.25, -0.2) is 4.39 Å². The summed E-state index contributed by atoms with van der Waals surface area (Å²) in [6.07, 6.45) is 1.92. The molecule has 1 saturated heterocycles. The summed E-state index contributed by atoms with van der Waals surface area (Å²) in [5.74, 6) is -0.811. The average molecular weight is 393 g/mol. The van der Waals surface area contributed by atoms with Crippen LogP contribution in [0.1, 0.15) is 11.3 Å². The van der Waals surface area contributed by atoms with E-state index in [1.165, 1.54) is 40.9 Å². The fourth-order valence-electron chi connectivity index (χ4n) is 2.17. The maximum absolute atomic E-state index is 12.9. The molecule has 0 unspecified atom stereocenters. The van der Waals surface area contributed by atoms with Gasteiger partial charge >= 0.3 is 0 Å². The van der Waals surface area contributed by atoms with Crippen molar-refractivity contribution in [3.63, 3.8) is 0 Å². The largest absolute Gasteiger partial charge is 0.326 e. The topological polar surface area (TPSA) is 49.4 Å². The highest BCUT2D eigenvalue weighted by molar-refractivity contribution is 8.26. The Labute approximate surface area is 157 Å². The number of benzene rings is 1. The lowest BCUT2D eigenvalue weighted by Crippen LogP contribution is -2.31. The zero-order valence-corrected chi connectivity index (χ0v) is 15.3. The Balaban J connectivity index is 1.57. The average Bonchev–Trinajstić information content (AvgIpc) is 3.18. The van der Waals surface area contributed by atoms with Gasteiger partial charge < -0.3 is 5.32 Å². The predicted molar refractivity (Wildman–Crippen MR) is 104 cm³/mol. The van der Waals surface area contributed by atoms with Crippen molar-refractivity contribution in [1.82, 2.24) is 4.90 Å². The normalized spacial score (nSPS) is 15.9. The van der Waals surface area contributed by atoms with Crippen LogP contribution in [0.25, 0.3) is 6.08 Å². The van der Waals surface area contributed by atoms with E-state index in [2.05, 4.69) is 5.32 Å². The van der Waals surface area contributed by atoms with E-state index in [1.54, 1.807) is 11.3 Å². The van der Waals surface area contributed by atoms with Crippen LogP contribution in [0.3, 0.4) is 0 Å². The number of nitrogens with one attached hydrogen (secondary N) is 1. The molecule has 0 spiro atoms. The van der Waals surface area contributed by atoms with E-state index in [0.717, 1.165) is 4.88 Å². The van der Waals surface area contributed by atoms with E-state index in [1.807, 2.05) is 23.6 Å². The Bertz CT molecular complexity index is 832. The molecule has 1 aliphatic heterocycles. The molecule has 1 aromatic carbocycles. The molecule has 1 fully saturated rings. The van der Waals surface area contributed by atoms with Crippen molar-refractivity contribution in [2.24, 2.45) is 0 Å². The summed E-state index contributed by atoms with van der Waals surface area (Å²) >= 11 is 8.02. The molecule has 25 heavy (non-hydrogen) atoms. The van der Waals surface area contributed by atoms with Crippen LogP contribution < -0.4 is 5.32 Å². The highest BCUT2D eigenvalue weighted by Gasteiger charge is 2.32. The first-order chi connectivity index (χ1) is 12.0. The van der Waals surface area contributed by atoms with E-state index < -0.39 is 0 Å². The fraction of sp³-hybridized carbons (Fsp3) is 0.118. The Morgan fingerprint density at radius 2 is 2.04 bits per heavy atom. The quantitative estimate of drug-likeness (QED) is 0.614. The molecule has 2 heterocycles. The molecule has 0 radical (unpaired) electrons. The molecule has 2 aromatic rings. The van der Waals surface area contributed by atoms with Crippen molar-refractivity contribution in [2.45, 2.75) is 6.42 Å². The third-order valence-electron chi connectivity index (χ3n) is 3.38. The van der Waals surface area contributed by atoms with Gasteiger partial charge in [-0.2, -0.15) is 0 Å². The van der Waals surface area contributed by atoms with E-state index in [4.69, 9.17) is 12.2 Å². The molecule has 0 atom stereocenters. The number of nitrogens with zero attached hydrogens (tertiary/aromatic N) is 1. The molecule has 128 valence electrons. The third kappa shape index (κ3) is 4.53. The Morgan fingerprint density at radius 3 is 2.72 bits per heavy atom. The van der Waals surface area contributed by atoms with Crippen LogP contribution in [0.5, 0.6) is 0 Å². The molecule has 0 bridgehead atoms. The number of thioether (sulfide) groups is 1. The molecule has 1 aromatic heterocycles. The summed E-state index contributed by atoms with van der Waals surface area (Å²) in [4.78, 5) is 27.4. The highest BCUT2D eigenvalue weighted by Crippen LogP contribution is 2.33. The molecule has 8 heteroatoms. The van der Waals surface area contributed by atoms with Crippen LogP contribution in [0.2, 0.25) is 0 Å². The van der Waals surface area contributed by atoms with Crippen molar-refractivity contribution in [1.29, 1.82) is 0 Å². The van der Waals surface area contributed by atoms with Crippen LogP contribution in [0.4, 0.5) is 10.1 Å². The highest BCUT2D eigenvalue weighted by atomic mass is 32.2. The lowest BCUT2D eigenvalue weighted by molar-refractivity contribution is -0.122. The van der Waals surface area contributed by atoms with Crippen LogP contribution in [-0.2, 0) is 9.59 Å². The predicted octanol–water partition coefficient (Wildman–Crippen LogP) is 4.12. The second-order valence-corrected chi connectivity index (χ2v) is 7.81. The maximum atomic E-state index is 12.9. The summed E-state index contributed by atoms with van der Waals surface area (Å²) < 4.78 is 13.3. The van der Waals surface area contributed by atoms with Crippen LogP contribution in [-0.4, -0.2) is 27.6 Å². The molecule has 3 rings (SSSR count). The van der Waals surface area contributed by atoms with Gasteiger partial charge in [0, 0.05) is 23.5 Å². The second kappa shape index (κ2) is 7.90. The van der Waals surface area contributed by atoms with Gasteiger partial charge in [-0.15, -0.1) is 11.3 Å². The van der Waals surface area contributed by atoms with Crippen molar-refractivity contribution < 1.29 is 14.0 Å². The van der Waals surface area contributed by atoms with E-state index in [-0.39, 0.29) is 30.6 Å². The van der Waals surface area contributed by atoms with Crippen molar-refractivity contribution in [3.05, 3.63) is 57.4 Å². The minimum atomic E-state index is -0.368. The Morgan fingerprint density at radius 1 is 1.28 bits per heavy atom. The summed E-state index contributed by atoms with van der Waals surface area (Å²) in [6, 6.07) is 9.34. The van der Waals surface area contributed by atoms with Gasteiger partial charge in [0.05, 0.1) is 4.91 Å². The molecule has 2 amide bonds. The zero-order chi connectivity index (χ0) is 17.8. The zero-order valence-electron chi connectivity index (χ0n) is 12.9. The van der Waals surface area contributed by atoms with Crippen molar-refractivity contribution >= 4 is 63.2 Å². The van der Waals surface area contributed by atoms with Gasteiger partial charge in [0.1, 0.15) is 10.1 Å². The molecule has 1 aliphatic rings. The lowest BCUT2D eigenvalue weighted by Gasteiger charge is -2.14. The third-order valence-corrected chi connectivity index (χ3v) is 5.58. The number of amides is 2. The van der Waals surface area contributed by atoms with Crippen LogP contribution in [0, 0.1) is 5.82 Å². The number of halogens is 1. The van der Waals surface area contributed by atoms with Gasteiger partial charge in [-0.3, -0.25) is 14.5 Å². The first kappa shape index (κ1) is 17.8. The number of carbonyl (C=O) groups is 2. The van der Waals surface area contributed by atoms with Crippen LogP contribution >= 0.6 is 35.3 Å². The van der Waals surface area contributed by atoms with Crippen LogP contribution in [0.15, 0.2) is 46.7 Å². The smallest absolute Gasteiger partial charge is 0.266 e. The standard InChI is InChI=1S/C17H13FN2O2S3/c18-11-3-5-12(6-4-11)19-15(21)7-8-20-16(22)14(25-17(20)23)10-13-2-1-9-24-13/h1-6,9-10H,7-8H2,(H,19,21)/b14-10+. The van der Waals surface area contributed by atoms with E-state index >= 15 is 0 Å². The minimum Gasteiger partial charge on any atom is -0.326 e. The number of hydrogen-bond acceptors (Lipinski definition) is 5. The first-order valence-electron chi connectivity index (χ1n) is 7.37. The molecule has 1 N–H and O–H groups in total. The molecule has 0 aliphatic carbocycles. The monoisotopic (exact) mass is 392 g/mol. The molecular weight excluding hydrogens is 379 g/mol. The van der Waals surface area contributed by atoms with Gasteiger partial charge in [-0.05, 0) is 41.8 Å². The molecule has 4 nitrogen and oxygen atoms in total. The number of thiocarbonyl (C=S) groups is 1. The van der Waals surface area contributed by atoms with Gasteiger partial charge in [-0.1, -0.05) is 30.0 Å². The van der Waals surface area contributed by atoms with Crippen molar-refractivity contribution in [3.8, 4) is 0 Å². The summed E-state index contributed by atoms with van der Waals surface area (Å²) in [7, 11) is 0. The summed E-state index contributed by atoms with van der Waals surface area (Å²) in [6.45, 7) is 0.208. The van der Waals surface area contributed by atoms with E-state index in [9.17, 15) is 14.0 Å². The number of carbonyl (C=O) groups excluding carboxylic acids is 2. The Hall–Kier alpha value is -2.03. The summed E-state index contributed by atoms with van der Waals surface area (Å²) in [5, 5.41) is 4.60. The van der Waals surface area contributed by atoms with Crippen molar-refractivity contribution in [2.75, 3.05) is 11.9 Å². The molecular formula is C17H13FN2O2S3. The maximum Gasteiger partial charge on any atom is 0.266 e. The SMILES string of the molecule is O=C(CCN1C(=O)/C(=C\c2cccs2)SC1=S)Nc1ccc(F)cc1. The number of anilines is 1. The number of hydrogen-bond donors (Lipinski definition) is 1. The summed E-state index contributed by atoms with van der Waals surface area (Å²) in [5.41, 5.74) is 0.509. The second-order valence-electron chi connectivity index (χ2n) is 5.15. The fourth-order valence-corrected chi connectivity index (χ4v) is 4.20. The van der Waals surface area contributed by atoms with Gasteiger partial charge in [0.2, 0.25) is 5.91 Å². The number of rotatable bonds is 5. The Kier molecular flexibility index (Phi) is 5.62. The minimum absolute atomic E-state index is 0.107. The van der Waals surface area contributed by atoms with E-state index in [0.29, 0.717) is 14.9 Å². The first-order valence-corrected chi connectivity index (χ1v) is 9.47. The molecule has 0 saturated carbocycles.